The first kappa shape index (κ1) is 16.7. The topological polar surface area (TPSA) is 23.5 Å². The van der Waals surface area contributed by atoms with Crippen molar-refractivity contribution in [2.24, 2.45) is 0 Å². The number of aliphatic hydroxyl groups is 1. The van der Waals surface area contributed by atoms with Crippen molar-refractivity contribution in [3.8, 4) is 0 Å². The molecule has 0 amide bonds. The van der Waals surface area contributed by atoms with Crippen LogP contribution in [0, 0.1) is 0 Å². The molecule has 0 saturated heterocycles. The van der Waals surface area contributed by atoms with Gasteiger partial charge in [0.05, 0.1) is 0 Å². The van der Waals surface area contributed by atoms with Gasteiger partial charge in [0.25, 0.3) is 0 Å². The molecule has 0 aromatic rings. The Kier molecular flexibility index (Phi) is 7.93. The number of hydrogen-bond donors (Lipinski definition) is 1. The molecule has 0 spiro atoms. The number of aliphatic hydroxyl groups excluding tert-OH is 1. The van der Waals surface area contributed by atoms with E-state index in [0.717, 1.165) is 0 Å². The zero-order valence-electron chi connectivity index (χ0n) is 8.40. The fourth-order valence-electron chi connectivity index (χ4n) is 1.27. The molecule has 0 aromatic heterocycles. The molecule has 2 unspecified atom stereocenters. The van der Waals surface area contributed by atoms with Crippen LogP contribution in [-0.4, -0.2) is 41.4 Å². The van der Waals surface area contributed by atoms with Crippen LogP contribution in [0.1, 0.15) is 20.8 Å². The molecule has 2 nitrogen and oxygen atoms in total. The maximum atomic E-state index is 12.1. The average molecular weight is 263 g/mol. The molecule has 91 valence electrons. The minimum Gasteiger partial charge on any atom is -0.382 e. The van der Waals surface area contributed by atoms with E-state index in [1.165, 1.54) is 6.92 Å². The molecule has 0 fully saturated rings. The van der Waals surface area contributed by atoms with E-state index in [0.29, 0.717) is 13.1 Å². The zero-order chi connectivity index (χ0) is 10.6. The van der Waals surface area contributed by atoms with Crippen LogP contribution in [0.3, 0.4) is 0 Å². The van der Waals surface area contributed by atoms with E-state index in [1.54, 1.807) is 18.7 Å². The van der Waals surface area contributed by atoms with Crippen molar-refractivity contribution in [2.45, 2.75) is 39.1 Å². The number of hydrogen-bond acceptors (Lipinski definition) is 2. The van der Waals surface area contributed by atoms with E-state index < -0.39 is 18.3 Å². The molecule has 1 N–H and O–H groups in total. The van der Waals surface area contributed by atoms with Gasteiger partial charge in [-0.25, -0.2) is 0 Å². The Hall–Kier alpha value is 0.229. The summed E-state index contributed by atoms with van der Waals surface area (Å²) in [6.07, 6.45) is -6.78. The van der Waals surface area contributed by atoms with Gasteiger partial charge in [-0.2, -0.15) is 13.2 Å². The van der Waals surface area contributed by atoms with Gasteiger partial charge in [-0.3, -0.25) is 4.90 Å². The molecule has 0 aliphatic heterocycles. The molecule has 0 aromatic carbocycles. The maximum Gasteiger partial charge on any atom is 0.415 e. The molecule has 0 rings (SSSR count). The van der Waals surface area contributed by atoms with E-state index in [2.05, 4.69) is 0 Å². The van der Waals surface area contributed by atoms with E-state index >= 15 is 0 Å². The third-order valence-corrected chi connectivity index (χ3v) is 2.18. The number of likely N-dealkylation sites (N-methyl/N-ethyl adjacent to an activating group) is 1. The fraction of sp³-hybridized carbons (Fsp3) is 1.00. The first-order chi connectivity index (χ1) is 5.84. The summed E-state index contributed by atoms with van der Waals surface area (Å²) in [5.41, 5.74) is 0. The summed E-state index contributed by atoms with van der Waals surface area (Å²) in [6, 6.07) is -0.880. The van der Waals surface area contributed by atoms with Crippen LogP contribution in [0.4, 0.5) is 13.2 Å². The first-order valence-corrected chi connectivity index (χ1v) is 4.33. The Morgan fingerprint density at radius 2 is 1.57 bits per heavy atom. The van der Waals surface area contributed by atoms with Gasteiger partial charge in [0, 0.05) is 23.1 Å². The largest absolute Gasteiger partial charge is 0.415 e. The molecule has 14 heavy (non-hydrogen) atoms. The van der Waals surface area contributed by atoms with Gasteiger partial charge in [-0.15, -0.1) is 0 Å². The number of nitrogens with zero attached hydrogens (tertiary/aromatic N) is 1. The van der Waals surface area contributed by atoms with Crippen molar-refractivity contribution in [2.75, 3.05) is 13.1 Å². The normalized spacial score (nSPS) is 16.3. The summed E-state index contributed by atoms with van der Waals surface area (Å²) >= 11 is 0. The molecule has 2 atom stereocenters. The second-order valence-corrected chi connectivity index (χ2v) is 2.95. The van der Waals surface area contributed by atoms with Gasteiger partial charge in [-0.05, 0) is 20.0 Å². The monoisotopic (exact) mass is 262 g/mol. The quantitative estimate of drug-likeness (QED) is 0.779. The second-order valence-electron chi connectivity index (χ2n) is 2.95. The van der Waals surface area contributed by atoms with E-state index in [-0.39, 0.29) is 17.1 Å². The second kappa shape index (κ2) is 6.67. The maximum absolute atomic E-state index is 12.1. The third kappa shape index (κ3) is 4.64. The summed E-state index contributed by atoms with van der Waals surface area (Å²) in [5, 5.41) is 8.92. The molecule has 0 heterocycles. The Morgan fingerprint density at radius 3 is 1.79 bits per heavy atom. The van der Waals surface area contributed by atoms with Crippen molar-refractivity contribution >= 4 is 0 Å². The molecule has 0 bridgehead atoms. The van der Waals surface area contributed by atoms with Crippen LogP contribution < -0.4 is 0 Å². The van der Waals surface area contributed by atoms with Crippen LogP contribution in [0.2, 0.25) is 0 Å². The van der Waals surface area contributed by atoms with Crippen molar-refractivity contribution in [1.82, 2.24) is 4.90 Å². The third-order valence-electron chi connectivity index (χ3n) is 2.18. The minimum atomic E-state index is -4.53. The van der Waals surface area contributed by atoms with Crippen LogP contribution in [0.15, 0.2) is 0 Å². The summed E-state index contributed by atoms with van der Waals surface area (Å²) in [4.78, 5) is 1.57. The van der Waals surface area contributed by atoms with E-state index in [1.807, 2.05) is 0 Å². The zero-order valence-corrected chi connectivity index (χ0v) is 9.34. The van der Waals surface area contributed by atoms with Crippen LogP contribution in [0.25, 0.3) is 0 Å². The molecule has 6 heteroatoms. The summed E-state index contributed by atoms with van der Waals surface area (Å²) in [7, 11) is 0. The molecular weight excluding hydrogens is 247 g/mol. The van der Waals surface area contributed by atoms with Crippen molar-refractivity contribution < 1.29 is 35.3 Å². The van der Waals surface area contributed by atoms with Gasteiger partial charge in [0.15, 0.2) is 6.10 Å². The molecule has 0 saturated carbocycles. The molecule has 1 radical (unpaired) electrons. The predicted molar refractivity (Wildman–Crippen MR) is 44.4 cm³/mol. The Morgan fingerprint density at radius 1 is 1.21 bits per heavy atom. The first-order valence-electron chi connectivity index (χ1n) is 4.33. The van der Waals surface area contributed by atoms with Crippen molar-refractivity contribution in [1.29, 1.82) is 0 Å². The number of rotatable bonds is 4. The average Bonchev–Trinajstić information content (AvgIpc) is 2.03. The summed E-state index contributed by atoms with van der Waals surface area (Å²) in [6.45, 7) is 5.92. The predicted octanol–water partition coefficient (Wildman–Crippen LogP) is 1.64. The van der Waals surface area contributed by atoms with E-state index in [9.17, 15) is 13.2 Å². The van der Waals surface area contributed by atoms with Crippen LogP contribution in [0.5, 0.6) is 0 Å². The van der Waals surface area contributed by atoms with Crippen molar-refractivity contribution in [3.05, 3.63) is 0 Å². The number of halogens is 3. The summed E-state index contributed by atoms with van der Waals surface area (Å²) < 4.78 is 36.2. The molecule has 0 aliphatic carbocycles. The smallest absolute Gasteiger partial charge is 0.382 e. The van der Waals surface area contributed by atoms with Crippen molar-refractivity contribution in [3.63, 3.8) is 0 Å². The SMILES string of the molecule is CCN(CC)C(C)C(O)C(F)(F)F.[Cu]. The van der Waals surface area contributed by atoms with Gasteiger partial charge >= 0.3 is 6.18 Å². The molecular formula is C8H16CuF3NO. The van der Waals surface area contributed by atoms with Crippen LogP contribution >= 0.6 is 0 Å². The van der Waals surface area contributed by atoms with Gasteiger partial charge < -0.3 is 5.11 Å². The standard InChI is InChI=1S/C8H16F3NO.Cu/c1-4-12(5-2)6(3)7(13)8(9,10)11;/h6-7,13H,4-5H2,1-3H3;. The molecule has 0 aliphatic rings. The Balaban J connectivity index is 0. The Labute approximate surface area is 92.9 Å². The summed E-state index contributed by atoms with van der Waals surface area (Å²) in [5.74, 6) is 0. The Bertz CT molecular complexity index is 150. The fourth-order valence-corrected chi connectivity index (χ4v) is 1.27. The van der Waals surface area contributed by atoms with Gasteiger partial charge in [0.1, 0.15) is 0 Å². The van der Waals surface area contributed by atoms with Gasteiger partial charge in [0.2, 0.25) is 0 Å². The van der Waals surface area contributed by atoms with Gasteiger partial charge in [-0.1, -0.05) is 13.8 Å². The van der Waals surface area contributed by atoms with Crippen LogP contribution in [-0.2, 0) is 17.1 Å². The minimum absolute atomic E-state index is 0. The number of alkyl halides is 3. The van der Waals surface area contributed by atoms with E-state index in [4.69, 9.17) is 5.11 Å².